The van der Waals surface area contributed by atoms with Crippen LogP contribution in [0.25, 0.3) is 0 Å². The number of nitrogens with zero attached hydrogens (tertiary/aromatic N) is 3. The number of aryl methyl sites for hydroxylation is 2. The number of aliphatic hydroxyl groups excluding tert-OH is 1. The van der Waals surface area contributed by atoms with Crippen molar-refractivity contribution in [2.45, 2.75) is 31.4 Å². The zero-order chi connectivity index (χ0) is 13.0. The number of benzene rings is 1. The smallest absolute Gasteiger partial charge is 0.111 e. The average Bonchev–Trinajstić information content (AvgIpc) is 2.81. The van der Waals surface area contributed by atoms with E-state index >= 15 is 0 Å². The lowest BCUT2D eigenvalue weighted by Gasteiger charge is -2.02. The summed E-state index contributed by atoms with van der Waals surface area (Å²) in [6.07, 6.45) is 1.24. The maximum absolute atomic E-state index is 9.35. The molecule has 0 aliphatic heterocycles. The van der Waals surface area contributed by atoms with E-state index in [9.17, 15) is 5.11 Å². The monoisotopic (exact) mass is 263 g/mol. The largest absolute Gasteiger partial charge is 0.387 e. The molecule has 1 heterocycles. The molecule has 0 aliphatic rings. The van der Waals surface area contributed by atoms with Gasteiger partial charge in [0.15, 0.2) is 0 Å². The Kier molecular flexibility index (Phi) is 4.38. The van der Waals surface area contributed by atoms with Crippen molar-refractivity contribution in [2.24, 2.45) is 0 Å². The van der Waals surface area contributed by atoms with E-state index < -0.39 is 6.10 Å². The molecule has 96 valence electrons. The number of rotatable bonds is 5. The van der Waals surface area contributed by atoms with Gasteiger partial charge in [-0.15, -0.1) is 16.9 Å². The number of aromatic nitrogens is 3. The Hall–Kier alpha value is -1.33. The quantitative estimate of drug-likeness (QED) is 0.842. The maximum atomic E-state index is 9.35. The molecule has 0 aliphatic carbocycles. The van der Waals surface area contributed by atoms with Gasteiger partial charge in [-0.1, -0.05) is 22.9 Å². The summed E-state index contributed by atoms with van der Waals surface area (Å²) in [6, 6.07) is 8.48. The number of thioether (sulfide) groups is 1. The first kappa shape index (κ1) is 13.1. The number of hydrogen-bond donors (Lipinski definition) is 1. The third-order valence-electron chi connectivity index (χ3n) is 2.59. The Balaban J connectivity index is 1.82. The molecule has 0 spiro atoms. The van der Waals surface area contributed by atoms with Crippen LogP contribution in [0.15, 0.2) is 35.4 Å². The molecule has 1 aromatic carbocycles. The third-order valence-corrected chi connectivity index (χ3v) is 3.59. The Morgan fingerprint density at radius 3 is 2.67 bits per heavy atom. The minimum atomic E-state index is -0.552. The molecule has 0 bridgehead atoms. The minimum absolute atomic E-state index is 0.552. The van der Waals surface area contributed by atoms with Crippen molar-refractivity contribution in [3.8, 4) is 0 Å². The highest BCUT2D eigenvalue weighted by molar-refractivity contribution is 7.99. The lowest BCUT2D eigenvalue weighted by molar-refractivity contribution is 0.194. The topological polar surface area (TPSA) is 50.9 Å². The van der Waals surface area contributed by atoms with Gasteiger partial charge in [-0.3, -0.25) is 4.68 Å². The van der Waals surface area contributed by atoms with Crippen LogP contribution in [-0.4, -0.2) is 25.9 Å². The Morgan fingerprint density at radius 1 is 1.33 bits per heavy atom. The second-order valence-electron chi connectivity index (χ2n) is 4.24. The molecule has 1 N–H and O–H groups in total. The van der Waals surface area contributed by atoms with Crippen LogP contribution in [0.4, 0.5) is 0 Å². The first-order valence-corrected chi connectivity index (χ1v) is 6.91. The zero-order valence-electron chi connectivity index (χ0n) is 10.6. The fourth-order valence-corrected chi connectivity index (χ4v) is 2.35. The molecule has 0 radical (unpaired) electrons. The Morgan fingerprint density at radius 2 is 2.06 bits per heavy atom. The highest BCUT2D eigenvalue weighted by atomic mass is 32.2. The molecule has 2 rings (SSSR count). The van der Waals surface area contributed by atoms with Gasteiger partial charge in [-0.25, -0.2) is 0 Å². The van der Waals surface area contributed by atoms with Gasteiger partial charge in [-0.05, 0) is 26.0 Å². The molecule has 4 nitrogen and oxygen atoms in total. The predicted octanol–water partition coefficient (Wildman–Crippen LogP) is 2.43. The molecule has 0 saturated carbocycles. The van der Waals surface area contributed by atoms with E-state index in [1.165, 1.54) is 10.5 Å². The van der Waals surface area contributed by atoms with Gasteiger partial charge in [-0.2, -0.15) is 0 Å². The second kappa shape index (κ2) is 6.02. The summed E-state index contributed by atoms with van der Waals surface area (Å²) in [5.41, 5.74) is 1.90. The van der Waals surface area contributed by atoms with Crippen LogP contribution in [-0.2, 0) is 6.54 Å². The van der Waals surface area contributed by atoms with E-state index in [1.54, 1.807) is 29.6 Å². The molecular weight excluding hydrogens is 246 g/mol. The molecule has 1 unspecified atom stereocenters. The molecule has 2 aromatic rings. The van der Waals surface area contributed by atoms with Crippen LogP contribution in [0.5, 0.6) is 0 Å². The summed E-state index contributed by atoms with van der Waals surface area (Å²) in [5.74, 6) is 0.936. The third kappa shape index (κ3) is 3.58. The highest BCUT2D eigenvalue weighted by Gasteiger charge is 2.05. The fraction of sp³-hybridized carbons (Fsp3) is 0.385. The Labute approximate surface area is 111 Å². The first-order valence-electron chi connectivity index (χ1n) is 5.93. The molecule has 1 atom stereocenters. The summed E-state index contributed by atoms with van der Waals surface area (Å²) in [4.78, 5) is 1.26. The summed E-state index contributed by atoms with van der Waals surface area (Å²) < 4.78 is 1.77. The van der Waals surface area contributed by atoms with Gasteiger partial charge >= 0.3 is 0 Å². The van der Waals surface area contributed by atoms with E-state index in [0.717, 1.165) is 12.3 Å². The SMILES string of the molecule is Cc1ccc(SCCn2cc(C(C)O)nn2)cc1. The summed E-state index contributed by atoms with van der Waals surface area (Å²) in [6.45, 7) is 4.56. The van der Waals surface area contributed by atoms with Gasteiger partial charge < -0.3 is 5.11 Å². The van der Waals surface area contributed by atoms with Crippen LogP contribution < -0.4 is 0 Å². The van der Waals surface area contributed by atoms with Crippen LogP contribution >= 0.6 is 11.8 Å². The van der Waals surface area contributed by atoms with Crippen LogP contribution in [0.1, 0.15) is 24.3 Å². The average molecular weight is 263 g/mol. The molecule has 0 amide bonds. The van der Waals surface area contributed by atoms with Crippen LogP contribution in [0.3, 0.4) is 0 Å². The van der Waals surface area contributed by atoms with E-state index in [4.69, 9.17) is 0 Å². The van der Waals surface area contributed by atoms with Gasteiger partial charge in [0.2, 0.25) is 0 Å². The van der Waals surface area contributed by atoms with E-state index in [2.05, 4.69) is 41.5 Å². The minimum Gasteiger partial charge on any atom is -0.387 e. The van der Waals surface area contributed by atoms with Crippen molar-refractivity contribution in [2.75, 3.05) is 5.75 Å². The van der Waals surface area contributed by atoms with Crippen molar-refractivity contribution in [1.29, 1.82) is 0 Å². The van der Waals surface area contributed by atoms with Crippen molar-refractivity contribution in [3.05, 3.63) is 41.7 Å². The van der Waals surface area contributed by atoms with Gasteiger partial charge in [0.05, 0.1) is 18.8 Å². The predicted molar refractivity (Wildman–Crippen MR) is 72.6 cm³/mol. The summed E-state index contributed by atoms with van der Waals surface area (Å²) in [5, 5.41) is 17.2. The van der Waals surface area contributed by atoms with Gasteiger partial charge in [0, 0.05) is 10.6 Å². The first-order chi connectivity index (χ1) is 8.65. The van der Waals surface area contributed by atoms with Crippen LogP contribution in [0.2, 0.25) is 0 Å². The van der Waals surface area contributed by atoms with Crippen molar-refractivity contribution >= 4 is 11.8 Å². The lowest BCUT2D eigenvalue weighted by Crippen LogP contribution is -2.01. The number of hydrogen-bond acceptors (Lipinski definition) is 4. The second-order valence-corrected chi connectivity index (χ2v) is 5.41. The maximum Gasteiger partial charge on any atom is 0.111 e. The molecular formula is C13H17N3OS. The van der Waals surface area contributed by atoms with Crippen molar-refractivity contribution < 1.29 is 5.11 Å². The van der Waals surface area contributed by atoms with E-state index in [0.29, 0.717) is 5.69 Å². The van der Waals surface area contributed by atoms with Gasteiger partial charge in [0.25, 0.3) is 0 Å². The molecule has 0 fully saturated rings. The van der Waals surface area contributed by atoms with Crippen molar-refractivity contribution in [3.63, 3.8) is 0 Å². The molecule has 0 saturated heterocycles. The normalized spacial score (nSPS) is 12.6. The molecule has 18 heavy (non-hydrogen) atoms. The standard InChI is InChI=1S/C13H17N3OS/c1-10-3-5-12(6-4-10)18-8-7-16-9-13(11(2)17)14-15-16/h3-6,9,11,17H,7-8H2,1-2H3. The Bertz CT molecular complexity index is 493. The van der Waals surface area contributed by atoms with E-state index in [-0.39, 0.29) is 0 Å². The van der Waals surface area contributed by atoms with Crippen LogP contribution in [0, 0.1) is 6.92 Å². The molecule has 1 aromatic heterocycles. The summed E-state index contributed by atoms with van der Waals surface area (Å²) in [7, 11) is 0. The zero-order valence-corrected chi connectivity index (χ0v) is 11.4. The lowest BCUT2D eigenvalue weighted by atomic mass is 10.2. The van der Waals surface area contributed by atoms with Gasteiger partial charge in [0.1, 0.15) is 5.69 Å². The summed E-state index contributed by atoms with van der Waals surface area (Å²) >= 11 is 1.79. The number of aliphatic hydroxyl groups is 1. The van der Waals surface area contributed by atoms with E-state index in [1.807, 2.05) is 0 Å². The van der Waals surface area contributed by atoms with Crippen molar-refractivity contribution in [1.82, 2.24) is 15.0 Å². The molecule has 5 heteroatoms. The fourth-order valence-electron chi connectivity index (χ4n) is 1.51. The highest BCUT2D eigenvalue weighted by Crippen LogP contribution is 2.18.